The summed E-state index contributed by atoms with van der Waals surface area (Å²) in [6.07, 6.45) is 3.23. The van der Waals surface area contributed by atoms with Gasteiger partial charge in [0.25, 0.3) is 0 Å². The Labute approximate surface area is 155 Å². The van der Waals surface area contributed by atoms with Crippen LogP contribution in [0, 0.1) is 6.92 Å². The van der Waals surface area contributed by atoms with Crippen LogP contribution in [0.5, 0.6) is 0 Å². The van der Waals surface area contributed by atoms with E-state index in [1.165, 1.54) is 7.11 Å². The lowest BCUT2D eigenvalue weighted by Crippen LogP contribution is -2.37. The number of nitrogens with zero attached hydrogens (tertiary/aromatic N) is 4. The maximum absolute atomic E-state index is 11.2. The minimum atomic E-state index is -0.462. The molecule has 2 aromatic heterocycles. The number of amides is 1. The summed E-state index contributed by atoms with van der Waals surface area (Å²) in [6.45, 7) is 12.5. The molecule has 2 aromatic rings. The molecule has 0 bridgehead atoms. The smallest absolute Gasteiger partial charge is 0.407 e. The van der Waals surface area contributed by atoms with Gasteiger partial charge in [0.2, 0.25) is 5.95 Å². The predicted molar refractivity (Wildman–Crippen MR) is 103 cm³/mol. The Bertz CT molecular complexity index is 699. The lowest BCUT2D eigenvalue weighted by atomic mass is 10.2. The Balaban J connectivity index is 0.00000163. The van der Waals surface area contributed by atoms with Crippen molar-refractivity contribution >= 4 is 12.0 Å². The first-order chi connectivity index (χ1) is 12.4. The summed E-state index contributed by atoms with van der Waals surface area (Å²) in [7, 11) is 1.34. The number of alkyl carbamates (subject to hydrolysis) is 1. The molecule has 0 saturated heterocycles. The number of hydrogen-bond donors (Lipinski definition) is 2. The molecule has 0 fully saturated rings. The molecular formula is C18H30N6O2. The van der Waals surface area contributed by atoms with Crippen molar-refractivity contribution in [3.05, 3.63) is 24.2 Å². The van der Waals surface area contributed by atoms with Gasteiger partial charge in [0.1, 0.15) is 0 Å². The summed E-state index contributed by atoms with van der Waals surface area (Å²) >= 11 is 0. The Hall–Kier alpha value is -2.64. The van der Waals surface area contributed by atoms with Crippen LogP contribution in [-0.2, 0) is 4.74 Å². The molecule has 0 aromatic carbocycles. The van der Waals surface area contributed by atoms with Gasteiger partial charge in [-0.1, -0.05) is 13.8 Å². The highest BCUT2D eigenvalue weighted by Gasteiger charge is 2.12. The van der Waals surface area contributed by atoms with Gasteiger partial charge in [0.15, 0.2) is 0 Å². The van der Waals surface area contributed by atoms with E-state index in [1.807, 2.05) is 44.6 Å². The molecule has 2 rings (SSSR count). The molecule has 0 aliphatic carbocycles. The Morgan fingerprint density at radius 3 is 2.58 bits per heavy atom. The number of nitrogens with one attached hydrogen (secondary N) is 2. The van der Waals surface area contributed by atoms with Gasteiger partial charge >= 0.3 is 6.09 Å². The summed E-state index contributed by atoms with van der Waals surface area (Å²) in [5, 5.41) is 10.3. The Kier molecular flexibility index (Phi) is 8.54. The topological polar surface area (TPSA) is 94.0 Å². The molecule has 0 aliphatic heterocycles. The number of anilines is 1. The average molecular weight is 362 g/mol. The molecule has 0 spiro atoms. The zero-order valence-corrected chi connectivity index (χ0v) is 16.7. The summed E-state index contributed by atoms with van der Waals surface area (Å²) in [4.78, 5) is 19.9. The van der Waals surface area contributed by atoms with E-state index in [9.17, 15) is 4.79 Å². The van der Waals surface area contributed by atoms with Crippen LogP contribution in [0.25, 0.3) is 11.3 Å². The van der Waals surface area contributed by atoms with Gasteiger partial charge in [-0.05, 0) is 33.8 Å². The van der Waals surface area contributed by atoms with Gasteiger partial charge in [-0.2, -0.15) is 5.10 Å². The quantitative estimate of drug-likeness (QED) is 0.818. The van der Waals surface area contributed by atoms with Crippen molar-refractivity contribution in [3.63, 3.8) is 0 Å². The fourth-order valence-electron chi connectivity index (χ4n) is 2.15. The van der Waals surface area contributed by atoms with Gasteiger partial charge in [0, 0.05) is 36.6 Å². The summed E-state index contributed by atoms with van der Waals surface area (Å²) in [6, 6.07) is 2.04. The van der Waals surface area contributed by atoms with Gasteiger partial charge in [-0.15, -0.1) is 0 Å². The first kappa shape index (κ1) is 21.4. The fraction of sp³-hybridized carbons (Fsp3) is 0.556. The summed E-state index contributed by atoms with van der Waals surface area (Å²) in [5.74, 6) is 0.503. The summed E-state index contributed by atoms with van der Waals surface area (Å²) < 4.78 is 6.49. The molecule has 0 saturated carbocycles. The molecule has 1 unspecified atom stereocenters. The second kappa shape index (κ2) is 10.4. The van der Waals surface area contributed by atoms with Crippen LogP contribution in [0.15, 0.2) is 18.5 Å². The molecule has 1 amide bonds. The molecule has 0 radical (unpaired) electrons. The second-order valence-electron chi connectivity index (χ2n) is 5.89. The van der Waals surface area contributed by atoms with E-state index in [2.05, 4.69) is 44.3 Å². The third-order valence-corrected chi connectivity index (χ3v) is 3.49. The molecule has 8 nitrogen and oxygen atoms in total. The van der Waals surface area contributed by atoms with E-state index < -0.39 is 6.09 Å². The number of rotatable bonds is 6. The highest BCUT2D eigenvalue weighted by atomic mass is 16.5. The predicted octanol–water partition coefficient (Wildman–Crippen LogP) is 3.41. The first-order valence-corrected chi connectivity index (χ1v) is 8.88. The van der Waals surface area contributed by atoms with E-state index in [0.717, 1.165) is 17.0 Å². The number of hydrogen-bond acceptors (Lipinski definition) is 6. The van der Waals surface area contributed by atoms with Crippen LogP contribution >= 0.6 is 0 Å². The van der Waals surface area contributed by atoms with Crippen molar-refractivity contribution in [1.82, 2.24) is 25.1 Å². The minimum absolute atomic E-state index is 0.116. The average Bonchev–Trinajstić information content (AvgIpc) is 3.04. The van der Waals surface area contributed by atoms with Crippen LogP contribution in [0.3, 0.4) is 0 Å². The van der Waals surface area contributed by atoms with Gasteiger partial charge in [0.05, 0.1) is 18.5 Å². The number of carbonyl (C=O) groups is 1. The van der Waals surface area contributed by atoms with Crippen LogP contribution in [-0.4, -0.2) is 45.5 Å². The first-order valence-electron chi connectivity index (χ1n) is 8.88. The van der Waals surface area contributed by atoms with Crippen molar-refractivity contribution in [2.75, 3.05) is 19.0 Å². The number of aromatic nitrogens is 4. The third-order valence-electron chi connectivity index (χ3n) is 3.49. The van der Waals surface area contributed by atoms with Crippen molar-refractivity contribution in [2.24, 2.45) is 0 Å². The molecule has 2 N–H and O–H groups in total. The minimum Gasteiger partial charge on any atom is -0.453 e. The van der Waals surface area contributed by atoms with Crippen molar-refractivity contribution < 1.29 is 9.53 Å². The van der Waals surface area contributed by atoms with Crippen LogP contribution < -0.4 is 10.6 Å². The number of methoxy groups -OCH3 is 1. The molecule has 8 heteroatoms. The fourth-order valence-corrected chi connectivity index (χ4v) is 2.15. The van der Waals surface area contributed by atoms with E-state index in [-0.39, 0.29) is 6.04 Å². The van der Waals surface area contributed by atoms with Crippen molar-refractivity contribution in [1.29, 1.82) is 0 Å². The van der Waals surface area contributed by atoms with Gasteiger partial charge < -0.3 is 15.4 Å². The van der Waals surface area contributed by atoms with E-state index in [0.29, 0.717) is 18.5 Å². The number of aryl methyl sites for hydroxylation is 1. The van der Waals surface area contributed by atoms with Gasteiger partial charge in [-0.25, -0.2) is 14.8 Å². The molecular weight excluding hydrogens is 332 g/mol. The third kappa shape index (κ3) is 6.02. The second-order valence-corrected chi connectivity index (χ2v) is 5.89. The highest BCUT2D eigenvalue weighted by Crippen LogP contribution is 2.22. The maximum Gasteiger partial charge on any atom is 0.407 e. The van der Waals surface area contributed by atoms with E-state index in [1.54, 1.807) is 6.20 Å². The highest BCUT2D eigenvalue weighted by molar-refractivity contribution is 5.67. The van der Waals surface area contributed by atoms with Crippen LogP contribution in [0.2, 0.25) is 0 Å². The SMILES string of the molecule is CC.COC(=O)NC(C)CNc1nccc(-c2cn(C(C)C)nc2C)n1. The van der Waals surface area contributed by atoms with Crippen molar-refractivity contribution in [2.45, 2.75) is 53.6 Å². The standard InChI is InChI=1S/C16H24N6O2.C2H6/c1-10(2)22-9-13(12(4)21-22)14-6-7-17-15(20-14)18-8-11(3)19-16(23)24-5;1-2/h6-7,9-11H,8H2,1-5H3,(H,19,23)(H,17,18,20);1-2H3. The zero-order valence-electron chi connectivity index (χ0n) is 16.7. The number of ether oxygens (including phenoxy) is 1. The zero-order chi connectivity index (χ0) is 19.7. The monoisotopic (exact) mass is 362 g/mol. The van der Waals surface area contributed by atoms with E-state index >= 15 is 0 Å². The molecule has 0 aliphatic rings. The molecule has 26 heavy (non-hydrogen) atoms. The molecule has 1 atom stereocenters. The van der Waals surface area contributed by atoms with Crippen molar-refractivity contribution in [3.8, 4) is 11.3 Å². The summed E-state index contributed by atoms with van der Waals surface area (Å²) in [5.41, 5.74) is 2.72. The van der Waals surface area contributed by atoms with Crippen LogP contribution in [0.1, 0.15) is 46.4 Å². The Morgan fingerprint density at radius 2 is 2.00 bits per heavy atom. The lowest BCUT2D eigenvalue weighted by molar-refractivity contribution is 0.168. The van der Waals surface area contributed by atoms with Gasteiger partial charge in [-0.3, -0.25) is 4.68 Å². The largest absolute Gasteiger partial charge is 0.453 e. The van der Waals surface area contributed by atoms with E-state index in [4.69, 9.17) is 0 Å². The number of carbonyl (C=O) groups excluding carboxylic acids is 1. The maximum atomic E-state index is 11.2. The molecule has 2 heterocycles. The normalized spacial score (nSPS) is 11.4. The lowest BCUT2D eigenvalue weighted by Gasteiger charge is -2.13. The molecule has 144 valence electrons. The van der Waals surface area contributed by atoms with Crippen LogP contribution in [0.4, 0.5) is 10.7 Å². The Morgan fingerprint density at radius 1 is 1.31 bits per heavy atom.